The number of anilines is 1. The van der Waals surface area contributed by atoms with Gasteiger partial charge in [0.2, 0.25) is 10.0 Å². The van der Waals surface area contributed by atoms with Crippen molar-refractivity contribution in [3.63, 3.8) is 0 Å². The molecule has 1 heterocycles. The van der Waals surface area contributed by atoms with Gasteiger partial charge in [-0.1, -0.05) is 43.6 Å². The third-order valence-electron chi connectivity index (χ3n) is 5.74. The predicted octanol–water partition coefficient (Wildman–Crippen LogP) is 4.43. The van der Waals surface area contributed by atoms with Crippen molar-refractivity contribution in [1.82, 2.24) is 4.31 Å². The lowest BCUT2D eigenvalue weighted by atomic mass is 10.0. The summed E-state index contributed by atoms with van der Waals surface area (Å²) >= 11 is 6.18. The largest absolute Gasteiger partial charge is 0.452 e. The summed E-state index contributed by atoms with van der Waals surface area (Å²) in [6, 6.07) is 9.69. The number of nitrogens with zero attached hydrogens (tertiary/aromatic N) is 1. The number of piperidine rings is 1. The molecule has 2 aromatic rings. The van der Waals surface area contributed by atoms with E-state index in [1.165, 1.54) is 22.5 Å². The molecule has 33 heavy (non-hydrogen) atoms. The van der Waals surface area contributed by atoms with Gasteiger partial charge in [0.05, 0.1) is 10.6 Å². The van der Waals surface area contributed by atoms with E-state index in [0.717, 1.165) is 30.4 Å². The Bertz CT molecular complexity index is 1150. The Balaban J connectivity index is 1.70. The van der Waals surface area contributed by atoms with Crippen LogP contribution in [0.1, 0.15) is 48.2 Å². The maximum absolute atomic E-state index is 13.1. The molecule has 0 saturated carbocycles. The molecule has 0 spiro atoms. The molecule has 9 heteroatoms. The SMILES string of the molecule is CCc1cccc(C)c1NC(=O)COC(=O)c1ccc(Cl)c(S(=O)(=O)N2CCCC(C)C2)c1. The average molecular weight is 493 g/mol. The zero-order chi connectivity index (χ0) is 24.2. The summed E-state index contributed by atoms with van der Waals surface area (Å²) in [4.78, 5) is 24.8. The number of rotatable bonds is 7. The summed E-state index contributed by atoms with van der Waals surface area (Å²) < 4.78 is 32.8. The molecule has 1 fully saturated rings. The molecular weight excluding hydrogens is 464 g/mol. The molecule has 1 amide bonds. The lowest BCUT2D eigenvalue weighted by molar-refractivity contribution is -0.119. The zero-order valence-corrected chi connectivity index (χ0v) is 20.6. The fraction of sp³-hybridized carbons (Fsp3) is 0.417. The smallest absolute Gasteiger partial charge is 0.338 e. The van der Waals surface area contributed by atoms with Crippen LogP contribution in [0.15, 0.2) is 41.3 Å². The van der Waals surface area contributed by atoms with Gasteiger partial charge in [-0.3, -0.25) is 4.79 Å². The maximum Gasteiger partial charge on any atom is 0.338 e. The van der Waals surface area contributed by atoms with Crippen LogP contribution < -0.4 is 5.32 Å². The van der Waals surface area contributed by atoms with Gasteiger partial charge in [0, 0.05) is 18.8 Å². The monoisotopic (exact) mass is 492 g/mol. The summed E-state index contributed by atoms with van der Waals surface area (Å²) in [6.45, 7) is 6.20. The lowest BCUT2D eigenvalue weighted by Crippen LogP contribution is -2.39. The van der Waals surface area contributed by atoms with Crippen LogP contribution in [-0.4, -0.2) is 44.3 Å². The second-order valence-electron chi connectivity index (χ2n) is 8.34. The number of sulfonamides is 1. The zero-order valence-electron chi connectivity index (χ0n) is 19.1. The minimum Gasteiger partial charge on any atom is -0.452 e. The van der Waals surface area contributed by atoms with Gasteiger partial charge in [-0.15, -0.1) is 0 Å². The molecule has 0 radical (unpaired) electrons. The van der Waals surface area contributed by atoms with E-state index in [0.29, 0.717) is 18.8 Å². The molecule has 7 nitrogen and oxygen atoms in total. The predicted molar refractivity (Wildman–Crippen MR) is 128 cm³/mol. The standard InChI is InChI=1S/C24H29ClN2O5S/c1-4-18-9-5-8-17(3)23(18)26-22(28)15-32-24(29)19-10-11-20(25)21(13-19)33(30,31)27-12-6-7-16(2)14-27/h5,8-11,13,16H,4,6-7,12,14-15H2,1-3H3,(H,26,28). The summed E-state index contributed by atoms with van der Waals surface area (Å²) in [5, 5.41) is 2.82. The van der Waals surface area contributed by atoms with Gasteiger partial charge in [0.15, 0.2) is 6.61 Å². The first-order valence-corrected chi connectivity index (χ1v) is 12.8. The molecule has 3 rings (SSSR count). The van der Waals surface area contributed by atoms with Gasteiger partial charge in [0.1, 0.15) is 4.90 Å². The summed E-state index contributed by atoms with van der Waals surface area (Å²) in [5.74, 6) is -1.03. The molecule has 1 aliphatic heterocycles. The van der Waals surface area contributed by atoms with E-state index < -0.39 is 28.5 Å². The number of amides is 1. The summed E-state index contributed by atoms with van der Waals surface area (Å²) in [6.07, 6.45) is 2.49. The highest BCUT2D eigenvalue weighted by molar-refractivity contribution is 7.89. The molecule has 0 aliphatic carbocycles. The first kappa shape index (κ1) is 25.2. The Morgan fingerprint density at radius 2 is 2.00 bits per heavy atom. The van der Waals surface area contributed by atoms with Crippen molar-refractivity contribution >= 4 is 39.2 Å². The van der Waals surface area contributed by atoms with Crippen molar-refractivity contribution in [2.75, 3.05) is 25.0 Å². The highest BCUT2D eigenvalue weighted by atomic mass is 35.5. The Hall–Kier alpha value is -2.42. The Kier molecular flexibility index (Phi) is 8.15. The third-order valence-corrected chi connectivity index (χ3v) is 8.09. The molecule has 1 N–H and O–H groups in total. The first-order valence-electron chi connectivity index (χ1n) is 11.0. The molecular formula is C24H29ClN2O5S. The van der Waals surface area contributed by atoms with E-state index in [1.807, 2.05) is 39.0 Å². The fourth-order valence-corrected chi connectivity index (χ4v) is 6.02. The molecule has 0 bridgehead atoms. The maximum atomic E-state index is 13.1. The van der Waals surface area contributed by atoms with Gasteiger partial charge < -0.3 is 10.1 Å². The van der Waals surface area contributed by atoms with Gasteiger partial charge >= 0.3 is 5.97 Å². The minimum atomic E-state index is -3.85. The Morgan fingerprint density at radius 1 is 1.24 bits per heavy atom. The lowest BCUT2D eigenvalue weighted by Gasteiger charge is -2.30. The highest BCUT2D eigenvalue weighted by Gasteiger charge is 2.31. The summed E-state index contributed by atoms with van der Waals surface area (Å²) in [7, 11) is -3.85. The van der Waals surface area contributed by atoms with Crippen LogP contribution in [0, 0.1) is 12.8 Å². The van der Waals surface area contributed by atoms with Gasteiger partial charge in [-0.2, -0.15) is 4.31 Å². The number of carbonyl (C=O) groups is 2. The Morgan fingerprint density at radius 3 is 2.70 bits per heavy atom. The van der Waals surface area contributed by atoms with E-state index >= 15 is 0 Å². The quantitative estimate of drug-likeness (QED) is 0.577. The van der Waals surface area contributed by atoms with Crippen LogP contribution in [0.4, 0.5) is 5.69 Å². The van der Waals surface area contributed by atoms with Crippen LogP contribution in [0.3, 0.4) is 0 Å². The topological polar surface area (TPSA) is 92.8 Å². The second-order valence-corrected chi connectivity index (χ2v) is 10.7. The molecule has 1 unspecified atom stereocenters. The van der Waals surface area contributed by atoms with Crippen molar-refractivity contribution in [2.45, 2.75) is 44.9 Å². The van der Waals surface area contributed by atoms with E-state index in [2.05, 4.69) is 5.32 Å². The fourth-order valence-electron chi connectivity index (χ4n) is 3.92. The number of esters is 1. The van der Waals surface area contributed by atoms with Crippen molar-refractivity contribution in [3.8, 4) is 0 Å². The molecule has 1 saturated heterocycles. The highest BCUT2D eigenvalue weighted by Crippen LogP contribution is 2.29. The number of carbonyl (C=O) groups excluding carboxylic acids is 2. The van der Waals surface area contributed by atoms with Crippen molar-refractivity contribution in [3.05, 3.63) is 58.1 Å². The van der Waals surface area contributed by atoms with Crippen LogP contribution in [0.25, 0.3) is 0 Å². The number of para-hydroxylation sites is 1. The van der Waals surface area contributed by atoms with Gasteiger partial charge in [-0.05, 0) is 61.4 Å². The van der Waals surface area contributed by atoms with Crippen LogP contribution >= 0.6 is 11.6 Å². The normalized spacial score (nSPS) is 16.9. The van der Waals surface area contributed by atoms with E-state index in [4.69, 9.17) is 16.3 Å². The Labute approximate surface area is 200 Å². The van der Waals surface area contributed by atoms with E-state index in [-0.39, 0.29) is 21.4 Å². The van der Waals surface area contributed by atoms with E-state index in [9.17, 15) is 18.0 Å². The summed E-state index contributed by atoms with van der Waals surface area (Å²) in [5.41, 5.74) is 2.61. The number of hydrogen-bond acceptors (Lipinski definition) is 5. The minimum absolute atomic E-state index is 0.0148. The number of hydrogen-bond donors (Lipinski definition) is 1. The molecule has 0 aromatic heterocycles. The van der Waals surface area contributed by atoms with Gasteiger partial charge in [0.25, 0.3) is 5.91 Å². The van der Waals surface area contributed by atoms with E-state index in [1.54, 1.807) is 0 Å². The van der Waals surface area contributed by atoms with Crippen molar-refractivity contribution in [1.29, 1.82) is 0 Å². The van der Waals surface area contributed by atoms with Crippen molar-refractivity contribution < 1.29 is 22.7 Å². The molecule has 1 aliphatic rings. The average Bonchev–Trinajstić information content (AvgIpc) is 2.79. The van der Waals surface area contributed by atoms with Gasteiger partial charge in [-0.25, -0.2) is 13.2 Å². The molecule has 2 aromatic carbocycles. The molecule has 178 valence electrons. The molecule has 1 atom stereocenters. The van der Waals surface area contributed by atoms with Crippen molar-refractivity contribution in [2.24, 2.45) is 5.92 Å². The third kappa shape index (κ3) is 5.93. The number of benzene rings is 2. The first-order chi connectivity index (χ1) is 15.6. The number of halogens is 1. The number of nitrogens with one attached hydrogen (secondary N) is 1. The second kappa shape index (κ2) is 10.7. The van der Waals surface area contributed by atoms with Crippen LogP contribution in [-0.2, 0) is 26.0 Å². The van der Waals surface area contributed by atoms with Crippen LogP contribution in [0.2, 0.25) is 5.02 Å². The number of ether oxygens (including phenoxy) is 1. The number of aryl methyl sites for hydroxylation is 2. The van der Waals surface area contributed by atoms with Crippen LogP contribution in [0.5, 0.6) is 0 Å².